The van der Waals surface area contributed by atoms with Gasteiger partial charge in [0.25, 0.3) is 0 Å². The van der Waals surface area contributed by atoms with Crippen molar-refractivity contribution >= 4 is 51.0 Å². The molecule has 47 heavy (non-hydrogen) atoms. The zero-order chi connectivity index (χ0) is 33.4. The standard InChI is InChI=1S/C35H35F2N3O6S/c1-22(41)47-18-6-4-3-5-17-45-32-21-28-26(20-31(32)44-2)29(13-16-38-28)46-30-12-11-25(19-27(30)37)40-34(43)35(14-15-35)33(42)39-24-9-7-23(36)8-10-24/h7-13,16,19-21H,3-6,14-15,17-18H2,1-2H3,(H,39,42)(H,40,43). The van der Waals surface area contributed by atoms with Crippen LogP contribution in [0.4, 0.5) is 20.2 Å². The molecule has 2 amide bonds. The Bertz CT molecular complexity index is 1760. The Labute approximate surface area is 275 Å². The van der Waals surface area contributed by atoms with Gasteiger partial charge in [-0.2, -0.15) is 0 Å². The molecule has 0 spiro atoms. The van der Waals surface area contributed by atoms with Crippen molar-refractivity contribution in [1.29, 1.82) is 0 Å². The summed E-state index contributed by atoms with van der Waals surface area (Å²) < 4.78 is 45.9. The number of unbranched alkanes of at least 4 members (excludes halogenated alkanes) is 3. The van der Waals surface area contributed by atoms with Gasteiger partial charge in [-0.1, -0.05) is 24.6 Å². The number of fused-ring (bicyclic) bond motifs is 1. The molecule has 12 heteroatoms. The molecule has 1 saturated carbocycles. The maximum atomic E-state index is 15.2. The summed E-state index contributed by atoms with van der Waals surface area (Å²) in [5.74, 6) is -0.126. The van der Waals surface area contributed by atoms with Crippen LogP contribution in [0.15, 0.2) is 66.9 Å². The van der Waals surface area contributed by atoms with Gasteiger partial charge in [0.05, 0.1) is 19.2 Å². The highest BCUT2D eigenvalue weighted by molar-refractivity contribution is 8.13. The number of anilines is 2. The van der Waals surface area contributed by atoms with Crippen LogP contribution in [-0.2, 0) is 14.4 Å². The van der Waals surface area contributed by atoms with Gasteiger partial charge in [-0.3, -0.25) is 19.4 Å². The maximum absolute atomic E-state index is 15.2. The zero-order valence-electron chi connectivity index (χ0n) is 26.1. The lowest BCUT2D eigenvalue weighted by Gasteiger charge is -2.16. The van der Waals surface area contributed by atoms with E-state index in [1.54, 1.807) is 31.3 Å². The Morgan fingerprint density at radius 1 is 0.830 bits per heavy atom. The quantitative estimate of drug-likeness (QED) is 0.0975. The molecule has 0 unspecified atom stereocenters. The van der Waals surface area contributed by atoms with Crippen LogP contribution in [0.25, 0.3) is 10.9 Å². The van der Waals surface area contributed by atoms with E-state index in [4.69, 9.17) is 14.2 Å². The van der Waals surface area contributed by atoms with Crippen LogP contribution in [-0.4, -0.2) is 41.4 Å². The molecule has 0 aliphatic heterocycles. The van der Waals surface area contributed by atoms with E-state index in [9.17, 15) is 18.8 Å². The number of ether oxygens (including phenoxy) is 3. The van der Waals surface area contributed by atoms with Crippen LogP contribution in [0, 0.1) is 17.0 Å². The Kier molecular flexibility index (Phi) is 10.9. The first-order valence-corrected chi connectivity index (χ1v) is 16.3. The van der Waals surface area contributed by atoms with Crippen LogP contribution in [0.5, 0.6) is 23.0 Å². The predicted octanol–water partition coefficient (Wildman–Crippen LogP) is 7.89. The highest BCUT2D eigenvalue weighted by atomic mass is 32.2. The minimum absolute atomic E-state index is 0.0771. The maximum Gasteiger partial charge on any atom is 0.240 e. The van der Waals surface area contributed by atoms with Gasteiger partial charge in [0, 0.05) is 47.8 Å². The highest BCUT2D eigenvalue weighted by Crippen LogP contribution is 2.47. The SMILES string of the molecule is COc1cc2c(Oc3ccc(NC(=O)C4(C(=O)Nc5ccc(F)cc5)CC4)cc3F)ccnc2cc1OCCCCCCSC(C)=O. The number of thioether (sulfide) groups is 1. The summed E-state index contributed by atoms with van der Waals surface area (Å²) in [5, 5.41) is 6.00. The average molecular weight is 664 g/mol. The van der Waals surface area contributed by atoms with Gasteiger partial charge >= 0.3 is 0 Å². The normalized spacial score (nSPS) is 13.1. The first kappa shape index (κ1) is 33.6. The van der Waals surface area contributed by atoms with Gasteiger partial charge in [0.1, 0.15) is 17.0 Å². The third-order valence-electron chi connectivity index (χ3n) is 7.72. The summed E-state index contributed by atoms with van der Waals surface area (Å²) in [6.07, 6.45) is 6.04. The van der Waals surface area contributed by atoms with Crippen LogP contribution in [0.1, 0.15) is 45.4 Å². The molecule has 1 aliphatic carbocycles. The number of pyridine rings is 1. The fourth-order valence-electron chi connectivity index (χ4n) is 4.94. The summed E-state index contributed by atoms with van der Waals surface area (Å²) >= 11 is 1.35. The third-order valence-corrected chi connectivity index (χ3v) is 8.62. The molecular weight excluding hydrogens is 628 g/mol. The molecule has 1 aliphatic rings. The van der Waals surface area contributed by atoms with E-state index >= 15 is 4.39 Å². The minimum atomic E-state index is -1.28. The summed E-state index contributed by atoms with van der Waals surface area (Å²) in [6.45, 7) is 2.07. The Balaban J connectivity index is 1.20. The Morgan fingerprint density at radius 3 is 2.21 bits per heavy atom. The fourth-order valence-corrected chi connectivity index (χ4v) is 5.58. The number of carbonyl (C=O) groups is 3. The number of methoxy groups -OCH3 is 1. The molecular formula is C35H35F2N3O6S. The molecule has 246 valence electrons. The molecule has 1 aromatic heterocycles. The van der Waals surface area contributed by atoms with E-state index in [-0.39, 0.29) is 16.6 Å². The van der Waals surface area contributed by atoms with Crippen molar-refractivity contribution in [3.63, 3.8) is 0 Å². The number of benzene rings is 3. The molecule has 2 N–H and O–H groups in total. The second kappa shape index (κ2) is 15.3. The van der Waals surface area contributed by atoms with E-state index in [0.29, 0.717) is 53.3 Å². The van der Waals surface area contributed by atoms with Crippen molar-refractivity contribution in [2.75, 3.05) is 30.1 Å². The van der Waals surface area contributed by atoms with E-state index in [2.05, 4.69) is 15.6 Å². The molecule has 4 aromatic rings. The Hall–Kier alpha value is -4.71. The van der Waals surface area contributed by atoms with Gasteiger partial charge < -0.3 is 24.8 Å². The largest absolute Gasteiger partial charge is 0.493 e. The minimum Gasteiger partial charge on any atom is -0.493 e. The fraction of sp³-hybridized carbons (Fsp3) is 0.314. The molecule has 0 saturated heterocycles. The van der Waals surface area contributed by atoms with E-state index in [0.717, 1.165) is 37.5 Å². The first-order valence-electron chi connectivity index (χ1n) is 15.3. The highest BCUT2D eigenvalue weighted by Gasteiger charge is 2.56. The number of nitrogens with one attached hydrogen (secondary N) is 2. The van der Waals surface area contributed by atoms with Gasteiger partial charge in [0.15, 0.2) is 28.2 Å². The van der Waals surface area contributed by atoms with Gasteiger partial charge in [-0.15, -0.1) is 0 Å². The zero-order valence-corrected chi connectivity index (χ0v) is 26.9. The van der Waals surface area contributed by atoms with E-state index in [1.807, 2.05) is 0 Å². The smallest absolute Gasteiger partial charge is 0.240 e. The molecule has 0 bridgehead atoms. The van der Waals surface area contributed by atoms with Crippen molar-refractivity contribution in [3.8, 4) is 23.0 Å². The molecule has 9 nitrogen and oxygen atoms in total. The van der Waals surface area contributed by atoms with E-state index in [1.165, 1.54) is 55.3 Å². The Morgan fingerprint density at radius 2 is 1.53 bits per heavy atom. The number of nitrogens with zero attached hydrogens (tertiary/aromatic N) is 1. The van der Waals surface area contributed by atoms with Gasteiger partial charge in [-0.05, 0) is 74.2 Å². The van der Waals surface area contributed by atoms with Crippen LogP contribution >= 0.6 is 11.8 Å². The molecule has 1 heterocycles. The number of hydrogen-bond acceptors (Lipinski definition) is 8. The van der Waals surface area contributed by atoms with Crippen molar-refractivity contribution in [2.24, 2.45) is 5.41 Å². The average Bonchev–Trinajstić information content (AvgIpc) is 3.87. The van der Waals surface area contributed by atoms with E-state index < -0.39 is 28.9 Å². The van der Waals surface area contributed by atoms with Gasteiger partial charge in [-0.25, -0.2) is 8.78 Å². The number of aromatic nitrogens is 1. The summed E-state index contributed by atoms with van der Waals surface area (Å²) in [5.41, 5.74) is -0.179. The molecule has 5 rings (SSSR count). The molecule has 3 aromatic carbocycles. The van der Waals surface area contributed by atoms with Crippen molar-refractivity contribution < 1.29 is 37.4 Å². The predicted molar refractivity (Wildman–Crippen MR) is 177 cm³/mol. The van der Waals surface area contributed by atoms with Crippen LogP contribution in [0.2, 0.25) is 0 Å². The van der Waals surface area contributed by atoms with Gasteiger partial charge in [0.2, 0.25) is 11.8 Å². The molecule has 0 radical (unpaired) electrons. The monoisotopic (exact) mass is 663 g/mol. The molecule has 1 fully saturated rings. The lowest BCUT2D eigenvalue weighted by molar-refractivity contribution is -0.131. The third kappa shape index (κ3) is 8.56. The summed E-state index contributed by atoms with van der Waals surface area (Å²) in [6, 6.07) is 14.3. The van der Waals surface area contributed by atoms with Crippen molar-refractivity contribution in [2.45, 2.75) is 45.4 Å². The number of carbonyl (C=O) groups excluding carboxylic acids is 3. The first-order chi connectivity index (χ1) is 22.7. The lowest BCUT2D eigenvalue weighted by Crippen LogP contribution is -2.35. The van der Waals surface area contributed by atoms with Crippen molar-refractivity contribution in [1.82, 2.24) is 4.98 Å². The van der Waals surface area contributed by atoms with Crippen LogP contribution < -0.4 is 24.8 Å². The second-order valence-electron chi connectivity index (χ2n) is 11.2. The number of halogens is 2. The topological polar surface area (TPSA) is 116 Å². The number of hydrogen-bond donors (Lipinski definition) is 2. The summed E-state index contributed by atoms with van der Waals surface area (Å²) in [7, 11) is 1.53. The van der Waals surface area contributed by atoms with Crippen molar-refractivity contribution in [3.05, 3.63) is 78.5 Å². The second-order valence-corrected chi connectivity index (χ2v) is 12.4. The number of amides is 2. The lowest BCUT2D eigenvalue weighted by atomic mass is 10.0. The van der Waals surface area contributed by atoms with Crippen LogP contribution in [0.3, 0.4) is 0 Å². The number of rotatable bonds is 15. The summed E-state index contributed by atoms with van der Waals surface area (Å²) in [4.78, 5) is 41.3. The molecule has 0 atom stereocenters.